The molecule has 0 bridgehead atoms. The van der Waals surface area contributed by atoms with Crippen LogP contribution in [0.5, 0.6) is 0 Å². The Kier molecular flexibility index (Phi) is 7.84. The largest absolute Gasteiger partial charge is 0.502 e. The molecule has 0 heterocycles. The maximum atomic E-state index is 11.9. The molecule has 1 atom stereocenters. The number of rotatable bonds is 9. The van der Waals surface area contributed by atoms with E-state index in [-0.39, 0.29) is 13.0 Å². The predicted molar refractivity (Wildman–Crippen MR) is 84.8 cm³/mol. The third-order valence-electron chi connectivity index (χ3n) is 2.91. The van der Waals surface area contributed by atoms with Crippen LogP contribution < -0.4 is 0 Å². The van der Waals surface area contributed by atoms with Crippen LogP contribution in [0.1, 0.15) is 18.9 Å². The van der Waals surface area contributed by atoms with Gasteiger partial charge in [0.05, 0.1) is 32.0 Å². The molecule has 0 radical (unpaired) electrons. The summed E-state index contributed by atoms with van der Waals surface area (Å²) in [5.41, 5.74) is 0.970. The van der Waals surface area contributed by atoms with Crippen molar-refractivity contribution in [2.75, 3.05) is 19.5 Å². The average Bonchev–Trinajstić information content (AvgIpc) is 2.49. The molecule has 0 spiro atoms. The van der Waals surface area contributed by atoms with Crippen molar-refractivity contribution in [1.29, 1.82) is 0 Å². The van der Waals surface area contributed by atoms with Crippen LogP contribution in [0, 0.1) is 5.92 Å². The molecule has 5 nitrogen and oxygen atoms in total. The highest BCUT2D eigenvalue weighted by Crippen LogP contribution is 2.12. The molecule has 0 aromatic heterocycles. The summed E-state index contributed by atoms with van der Waals surface area (Å²) in [6, 6.07) is 9.49. The van der Waals surface area contributed by atoms with Gasteiger partial charge in [0, 0.05) is 6.26 Å². The van der Waals surface area contributed by atoms with Crippen LogP contribution in [0.25, 0.3) is 0 Å². The van der Waals surface area contributed by atoms with E-state index in [0.717, 1.165) is 11.8 Å². The Hall–Kier alpha value is -1.66. The highest BCUT2D eigenvalue weighted by Gasteiger charge is 2.26. The number of ether oxygens (including phenoxy) is 2. The molecule has 1 unspecified atom stereocenters. The minimum Gasteiger partial charge on any atom is -0.502 e. The number of hydrogen-bond acceptors (Lipinski definition) is 5. The smallest absolute Gasteiger partial charge is 0.251 e. The molecular weight excluding hydrogens is 304 g/mol. The Balaban J connectivity index is 2.59. The number of carbonyl (C=O) groups is 1. The second-order valence-corrected chi connectivity index (χ2v) is 6.80. The normalized spacial score (nSPS) is 13.2. The van der Waals surface area contributed by atoms with Gasteiger partial charge in [0.1, 0.15) is 0 Å². The minimum atomic E-state index is -3.73. The number of allylic oxidation sites excluding steroid dienone is 1. The van der Waals surface area contributed by atoms with Crippen molar-refractivity contribution >= 4 is 15.0 Å². The van der Waals surface area contributed by atoms with Gasteiger partial charge in [0.2, 0.25) is 9.84 Å². The van der Waals surface area contributed by atoms with Crippen molar-refractivity contribution in [3.05, 3.63) is 48.2 Å². The third kappa shape index (κ3) is 6.87. The van der Waals surface area contributed by atoms with E-state index in [0.29, 0.717) is 13.2 Å². The summed E-state index contributed by atoms with van der Waals surface area (Å²) < 4.78 is 33.4. The third-order valence-corrected chi connectivity index (χ3v) is 3.97. The van der Waals surface area contributed by atoms with Crippen molar-refractivity contribution in [2.45, 2.75) is 20.0 Å². The van der Waals surface area contributed by atoms with Gasteiger partial charge in [-0.05, 0) is 25.0 Å². The number of sulfone groups is 1. The number of hydrogen-bond donors (Lipinski definition) is 0. The zero-order chi connectivity index (χ0) is 16.4. The topological polar surface area (TPSA) is 69.7 Å². The van der Waals surface area contributed by atoms with Gasteiger partial charge >= 0.3 is 0 Å². The Morgan fingerprint density at radius 3 is 2.55 bits per heavy atom. The fraction of sp³-hybridized carbons (Fsp3) is 0.438. The van der Waals surface area contributed by atoms with Crippen LogP contribution in [0.4, 0.5) is 0 Å². The Morgan fingerprint density at radius 2 is 1.95 bits per heavy atom. The molecule has 0 aliphatic carbocycles. The van der Waals surface area contributed by atoms with E-state index >= 15 is 0 Å². The zero-order valence-electron chi connectivity index (χ0n) is 12.9. The summed E-state index contributed by atoms with van der Waals surface area (Å²) in [7, 11) is -3.73. The van der Waals surface area contributed by atoms with E-state index in [2.05, 4.69) is 0 Å². The molecule has 0 saturated heterocycles. The van der Waals surface area contributed by atoms with E-state index in [9.17, 15) is 13.2 Å². The maximum Gasteiger partial charge on any atom is 0.251 e. The van der Waals surface area contributed by atoms with E-state index in [1.807, 2.05) is 37.3 Å². The molecule has 1 aromatic carbocycles. The van der Waals surface area contributed by atoms with E-state index in [4.69, 9.17) is 9.47 Å². The van der Waals surface area contributed by atoms with Gasteiger partial charge < -0.3 is 9.47 Å². The fourth-order valence-electron chi connectivity index (χ4n) is 1.81. The van der Waals surface area contributed by atoms with Crippen molar-refractivity contribution in [3.8, 4) is 0 Å². The van der Waals surface area contributed by atoms with Crippen LogP contribution in [0.3, 0.4) is 0 Å². The SMILES string of the molecule is CCO/C=C/CC(COCc1ccccc1)C(=O)S(C)(=O)=O. The van der Waals surface area contributed by atoms with Gasteiger partial charge in [-0.3, -0.25) is 4.79 Å². The van der Waals surface area contributed by atoms with Gasteiger partial charge in [-0.15, -0.1) is 0 Å². The van der Waals surface area contributed by atoms with Crippen LogP contribution in [0.2, 0.25) is 0 Å². The van der Waals surface area contributed by atoms with Crippen molar-refractivity contribution in [2.24, 2.45) is 5.92 Å². The molecule has 22 heavy (non-hydrogen) atoms. The molecule has 1 rings (SSSR count). The molecule has 0 fully saturated rings. The summed E-state index contributed by atoms with van der Waals surface area (Å²) in [6.45, 7) is 2.75. The van der Waals surface area contributed by atoms with E-state index < -0.39 is 20.9 Å². The Labute approximate surface area is 131 Å². The van der Waals surface area contributed by atoms with Gasteiger partial charge in [-0.2, -0.15) is 0 Å². The highest BCUT2D eigenvalue weighted by atomic mass is 32.2. The molecule has 0 saturated carbocycles. The summed E-state index contributed by atoms with van der Waals surface area (Å²) in [5, 5.41) is -0.804. The first-order chi connectivity index (χ1) is 10.4. The summed E-state index contributed by atoms with van der Waals surface area (Å²) in [5.74, 6) is -0.726. The lowest BCUT2D eigenvalue weighted by Gasteiger charge is -2.13. The molecule has 0 aliphatic heterocycles. The minimum absolute atomic E-state index is 0.0528. The van der Waals surface area contributed by atoms with Gasteiger partial charge in [0.15, 0.2) is 0 Å². The van der Waals surface area contributed by atoms with Gasteiger partial charge in [-0.25, -0.2) is 8.42 Å². The lowest BCUT2D eigenvalue weighted by molar-refractivity contribution is -0.117. The maximum absolute atomic E-state index is 11.9. The van der Waals surface area contributed by atoms with E-state index in [1.165, 1.54) is 6.26 Å². The molecule has 1 aromatic rings. The Bertz CT molecular complexity index is 578. The zero-order valence-corrected chi connectivity index (χ0v) is 13.7. The predicted octanol–water partition coefficient (Wildman–Crippen LogP) is 2.33. The lowest BCUT2D eigenvalue weighted by Crippen LogP contribution is -2.26. The second-order valence-electron chi connectivity index (χ2n) is 4.85. The lowest BCUT2D eigenvalue weighted by atomic mass is 10.1. The van der Waals surface area contributed by atoms with Crippen molar-refractivity contribution < 1.29 is 22.7 Å². The van der Waals surface area contributed by atoms with Crippen LogP contribution >= 0.6 is 0 Å². The highest BCUT2D eigenvalue weighted by molar-refractivity contribution is 8.05. The van der Waals surface area contributed by atoms with Crippen LogP contribution in [0.15, 0.2) is 42.7 Å². The van der Waals surface area contributed by atoms with Gasteiger partial charge in [0.25, 0.3) is 5.12 Å². The van der Waals surface area contributed by atoms with Crippen molar-refractivity contribution in [1.82, 2.24) is 0 Å². The van der Waals surface area contributed by atoms with Crippen LogP contribution in [-0.2, 0) is 30.7 Å². The molecule has 0 amide bonds. The standard InChI is InChI=1S/C16H22O5S/c1-3-20-11-7-10-15(16(17)22(2,18)19)13-21-12-14-8-5-4-6-9-14/h4-9,11,15H,3,10,12-13H2,1-2H3/b11-7+. The average molecular weight is 326 g/mol. The molecule has 6 heteroatoms. The van der Waals surface area contributed by atoms with Gasteiger partial charge in [-0.1, -0.05) is 30.3 Å². The number of benzene rings is 1. The first kappa shape index (κ1) is 18.4. The first-order valence-corrected chi connectivity index (χ1v) is 8.96. The summed E-state index contributed by atoms with van der Waals surface area (Å²) in [6.07, 6.45) is 4.30. The number of carbonyl (C=O) groups excluding carboxylic acids is 1. The van der Waals surface area contributed by atoms with Crippen molar-refractivity contribution in [3.63, 3.8) is 0 Å². The summed E-state index contributed by atoms with van der Waals surface area (Å²) >= 11 is 0. The second kappa shape index (κ2) is 9.38. The monoisotopic (exact) mass is 326 g/mol. The molecule has 122 valence electrons. The fourth-order valence-corrected chi connectivity index (χ4v) is 2.58. The van der Waals surface area contributed by atoms with Crippen LogP contribution in [-0.4, -0.2) is 33.0 Å². The van der Waals surface area contributed by atoms with E-state index in [1.54, 1.807) is 6.08 Å². The molecular formula is C16H22O5S. The first-order valence-electron chi connectivity index (χ1n) is 7.07. The molecule has 0 aliphatic rings. The Morgan fingerprint density at radius 1 is 1.27 bits per heavy atom. The quantitative estimate of drug-likeness (QED) is 0.651. The summed E-state index contributed by atoms with van der Waals surface area (Å²) in [4.78, 5) is 11.9. The molecule has 0 N–H and O–H groups in total.